The number of ether oxygens (including phenoxy) is 2. The quantitative estimate of drug-likeness (QED) is 0.734. The number of nitrogens with one attached hydrogen (secondary N) is 1. The van der Waals surface area contributed by atoms with Crippen LogP contribution >= 0.6 is 0 Å². The first kappa shape index (κ1) is 19.8. The van der Waals surface area contributed by atoms with E-state index in [-0.39, 0.29) is 12.0 Å². The molecule has 0 radical (unpaired) electrons. The van der Waals surface area contributed by atoms with Gasteiger partial charge in [-0.3, -0.25) is 4.79 Å². The maximum Gasteiger partial charge on any atom is 0.258 e. The highest BCUT2D eigenvalue weighted by Gasteiger charge is 2.41. The fourth-order valence-electron chi connectivity index (χ4n) is 4.17. The summed E-state index contributed by atoms with van der Waals surface area (Å²) in [5.41, 5.74) is 2.05. The Hall–Kier alpha value is -2.53. The molecule has 5 heteroatoms. The van der Waals surface area contributed by atoms with Gasteiger partial charge in [0, 0.05) is 18.8 Å². The van der Waals surface area contributed by atoms with Crippen LogP contribution in [0.4, 0.5) is 5.69 Å². The summed E-state index contributed by atoms with van der Waals surface area (Å²) >= 11 is 0. The minimum Gasteiger partial charge on any atom is -0.491 e. The van der Waals surface area contributed by atoms with Crippen LogP contribution in [0, 0.1) is 0 Å². The Kier molecular flexibility index (Phi) is 5.76. The summed E-state index contributed by atoms with van der Waals surface area (Å²) in [6, 6.07) is 15.8. The van der Waals surface area contributed by atoms with E-state index in [2.05, 4.69) is 31.3 Å². The lowest BCUT2D eigenvalue weighted by Crippen LogP contribution is -2.56. The molecular formula is C24H30N2O3. The summed E-state index contributed by atoms with van der Waals surface area (Å²) in [7, 11) is 0. The van der Waals surface area contributed by atoms with Crippen molar-refractivity contribution in [2.24, 2.45) is 0 Å². The Balaban J connectivity index is 1.57. The molecule has 5 nitrogen and oxygen atoms in total. The number of rotatable bonds is 7. The molecule has 2 aliphatic heterocycles. The summed E-state index contributed by atoms with van der Waals surface area (Å²) in [6.07, 6.45) is 4.38. The van der Waals surface area contributed by atoms with E-state index in [1.807, 2.05) is 41.3 Å². The second-order valence-corrected chi connectivity index (χ2v) is 8.02. The van der Waals surface area contributed by atoms with Crippen LogP contribution in [0.25, 0.3) is 0 Å². The van der Waals surface area contributed by atoms with E-state index in [1.54, 1.807) is 0 Å². The number of unbranched alkanes of at least 4 members (excludes halogenated alkanes) is 1. The Morgan fingerprint density at radius 2 is 2.00 bits per heavy atom. The molecule has 2 atom stereocenters. The van der Waals surface area contributed by atoms with E-state index < -0.39 is 5.66 Å². The van der Waals surface area contributed by atoms with Gasteiger partial charge in [0.1, 0.15) is 18.0 Å². The predicted octanol–water partition coefficient (Wildman–Crippen LogP) is 4.79. The molecule has 2 aromatic carbocycles. The second kappa shape index (κ2) is 8.46. The van der Waals surface area contributed by atoms with Gasteiger partial charge in [0.05, 0.1) is 11.7 Å². The topological polar surface area (TPSA) is 50.8 Å². The molecule has 2 aliphatic rings. The Bertz CT molecular complexity index is 845. The molecule has 1 fully saturated rings. The fraction of sp³-hybridized carbons (Fsp3) is 0.458. The second-order valence-electron chi connectivity index (χ2n) is 8.02. The van der Waals surface area contributed by atoms with Crippen LogP contribution in [0.15, 0.2) is 48.5 Å². The van der Waals surface area contributed by atoms with Crippen molar-refractivity contribution in [3.8, 4) is 5.75 Å². The minimum absolute atomic E-state index is 0.0778. The highest BCUT2D eigenvalue weighted by atomic mass is 16.5. The van der Waals surface area contributed by atoms with Crippen LogP contribution in [0.2, 0.25) is 0 Å². The molecule has 29 heavy (non-hydrogen) atoms. The van der Waals surface area contributed by atoms with Gasteiger partial charge in [-0.05, 0) is 56.0 Å². The third-order valence-corrected chi connectivity index (χ3v) is 5.93. The third kappa shape index (κ3) is 3.97. The van der Waals surface area contributed by atoms with Gasteiger partial charge in [0.15, 0.2) is 0 Å². The van der Waals surface area contributed by atoms with Crippen molar-refractivity contribution in [2.45, 2.75) is 51.3 Å². The van der Waals surface area contributed by atoms with Crippen molar-refractivity contribution in [3.63, 3.8) is 0 Å². The first-order chi connectivity index (χ1) is 14.1. The van der Waals surface area contributed by atoms with Crippen LogP contribution in [0.3, 0.4) is 0 Å². The van der Waals surface area contributed by atoms with Crippen LogP contribution in [0.1, 0.15) is 55.5 Å². The van der Waals surface area contributed by atoms with Gasteiger partial charge in [-0.15, -0.1) is 0 Å². The summed E-state index contributed by atoms with van der Waals surface area (Å²) < 4.78 is 11.5. The number of benzene rings is 2. The number of carbonyl (C=O) groups is 1. The van der Waals surface area contributed by atoms with Crippen molar-refractivity contribution in [3.05, 3.63) is 59.7 Å². The number of para-hydroxylation sites is 1. The van der Waals surface area contributed by atoms with Crippen molar-refractivity contribution in [1.29, 1.82) is 0 Å². The van der Waals surface area contributed by atoms with Crippen molar-refractivity contribution >= 4 is 11.6 Å². The third-order valence-electron chi connectivity index (χ3n) is 5.93. The van der Waals surface area contributed by atoms with E-state index in [0.717, 1.165) is 54.9 Å². The lowest BCUT2D eigenvalue weighted by atomic mass is 9.93. The molecular weight excluding hydrogens is 364 g/mol. The van der Waals surface area contributed by atoms with Crippen LogP contribution in [0.5, 0.6) is 5.75 Å². The lowest BCUT2D eigenvalue weighted by molar-refractivity contribution is 0.0530. The number of anilines is 1. The highest BCUT2D eigenvalue weighted by Crippen LogP contribution is 2.38. The molecule has 4 rings (SSSR count). The Morgan fingerprint density at radius 1 is 1.21 bits per heavy atom. The SMILES string of the molecule is CCCCN1C(=O)c2ccccc2NC1(C)c1ccc(OCC2CCCO2)cc1. The van der Waals surface area contributed by atoms with Gasteiger partial charge in [-0.25, -0.2) is 0 Å². The number of fused-ring (bicyclic) bond motifs is 1. The standard InChI is InChI=1S/C24H30N2O3/c1-3-4-15-26-23(27)21-9-5-6-10-22(21)25-24(26,2)18-11-13-19(14-12-18)29-17-20-8-7-16-28-20/h5-6,9-14,20,25H,3-4,7-8,15-17H2,1-2H3. The summed E-state index contributed by atoms with van der Waals surface area (Å²) in [6.45, 7) is 6.36. The molecule has 0 bridgehead atoms. The number of hydrogen-bond donors (Lipinski definition) is 1. The summed E-state index contributed by atoms with van der Waals surface area (Å²) in [4.78, 5) is 15.2. The zero-order valence-corrected chi connectivity index (χ0v) is 17.3. The van der Waals surface area contributed by atoms with E-state index in [0.29, 0.717) is 13.2 Å². The van der Waals surface area contributed by atoms with Gasteiger partial charge in [-0.2, -0.15) is 0 Å². The highest BCUT2D eigenvalue weighted by molar-refractivity contribution is 6.02. The first-order valence-electron chi connectivity index (χ1n) is 10.7. The molecule has 2 heterocycles. The Labute approximate surface area is 173 Å². The van der Waals surface area contributed by atoms with Crippen LogP contribution in [-0.2, 0) is 10.4 Å². The summed E-state index contributed by atoms with van der Waals surface area (Å²) in [5, 5.41) is 3.62. The monoisotopic (exact) mass is 394 g/mol. The number of hydrogen-bond acceptors (Lipinski definition) is 4. The number of amides is 1. The zero-order valence-electron chi connectivity index (χ0n) is 17.3. The molecule has 0 saturated carbocycles. The van der Waals surface area contributed by atoms with Crippen molar-refractivity contribution in [2.75, 3.05) is 25.1 Å². The molecule has 0 aromatic heterocycles. The maximum absolute atomic E-state index is 13.3. The average molecular weight is 395 g/mol. The molecule has 1 N–H and O–H groups in total. The fourth-order valence-corrected chi connectivity index (χ4v) is 4.17. The first-order valence-corrected chi connectivity index (χ1v) is 10.7. The number of carbonyl (C=O) groups excluding carboxylic acids is 1. The van der Waals surface area contributed by atoms with E-state index >= 15 is 0 Å². The molecule has 2 aromatic rings. The molecule has 0 spiro atoms. The normalized spacial score (nSPS) is 23.6. The molecule has 154 valence electrons. The molecule has 1 saturated heterocycles. The summed E-state index contributed by atoms with van der Waals surface area (Å²) in [5.74, 6) is 0.907. The van der Waals surface area contributed by atoms with Gasteiger partial charge in [0.25, 0.3) is 5.91 Å². The van der Waals surface area contributed by atoms with Crippen LogP contribution < -0.4 is 10.1 Å². The largest absolute Gasteiger partial charge is 0.491 e. The predicted molar refractivity (Wildman–Crippen MR) is 114 cm³/mol. The zero-order chi connectivity index (χ0) is 20.3. The van der Waals surface area contributed by atoms with Gasteiger partial charge in [-0.1, -0.05) is 37.6 Å². The lowest BCUT2D eigenvalue weighted by Gasteiger charge is -2.47. The smallest absolute Gasteiger partial charge is 0.258 e. The molecule has 0 aliphatic carbocycles. The van der Waals surface area contributed by atoms with Crippen molar-refractivity contribution < 1.29 is 14.3 Å². The van der Waals surface area contributed by atoms with Gasteiger partial charge in [0.2, 0.25) is 0 Å². The van der Waals surface area contributed by atoms with Gasteiger partial charge >= 0.3 is 0 Å². The van der Waals surface area contributed by atoms with Gasteiger partial charge < -0.3 is 19.7 Å². The van der Waals surface area contributed by atoms with E-state index in [4.69, 9.17) is 9.47 Å². The maximum atomic E-state index is 13.3. The number of nitrogens with zero attached hydrogens (tertiary/aromatic N) is 1. The van der Waals surface area contributed by atoms with E-state index in [9.17, 15) is 4.79 Å². The van der Waals surface area contributed by atoms with Crippen LogP contribution in [-0.4, -0.2) is 36.7 Å². The average Bonchev–Trinajstić information content (AvgIpc) is 3.26. The van der Waals surface area contributed by atoms with Crippen molar-refractivity contribution in [1.82, 2.24) is 4.90 Å². The Morgan fingerprint density at radius 3 is 2.72 bits per heavy atom. The van der Waals surface area contributed by atoms with E-state index in [1.165, 1.54) is 0 Å². The minimum atomic E-state index is -0.603. The molecule has 2 unspecified atom stereocenters. The molecule has 1 amide bonds.